The maximum atomic E-state index is 12.8. The van der Waals surface area contributed by atoms with Crippen molar-refractivity contribution in [3.8, 4) is 0 Å². The number of likely N-dealkylation sites (tertiary alicyclic amines) is 1. The molecule has 1 spiro atoms. The molecular weight excluding hydrogens is 318 g/mol. The van der Waals surface area contributed by atoms with Crippen molar-refractivity contribution >= 4 is 5.91 Å². The molecule has 1 amide bonds. The molecule has 140 valence electrons. The maximum Gasteiger partial charge on any atom is 0.274 e. The predicted molar refractivity (Wildman–Crippen MR) is 96.6 cm³/mol. The summed E-state index contributed by atoms with van der Waals surface area (Å²) in [6, 6.07) is 1.80. The summed E-state index contributed by atoms with van der Waals surface area (Å²) < 4.78 is 7.63. The Morgan fingerprint density at radius 1 is 1.36 bits per heavy atom. The van der Waals surface area contributed by atoms with Crippen molar-refractivity contribution in [1.29, 1.82) is 0 Å². The molecule has 2 aliphatic rings. The number of carbonyl (C=O) groups is 1. The third-order valence-corrected chi connectivity index (χ3v) is 5.26. The summed E-state index contributed by atoms with van der Waals surface area (Å²) in [5, 5.41) is 4.28. The molecule has 0 bridgehead atoms. The summed E-state index contributed by atoms with van der Waals surface area (Å²) in [7, 11) is 6.06. The molecule has 1 aromatic rings. The van der Waals surface area contributed by atoms with Crippen LogP contribution in [0.4, 0.5) is 0 Å². The molecule has 0 radical (unpaired) electrons. The van der Waals surface area contributed by atoms with Crippen LogP contribution in [0.3, 0.4) is 0 Å². The van der Waals surface area contributed by atoms with E-state index in [4.69, 9.17) is 4.74 Å². The smallest absolute Gasteiger partial charge is 0.274 e. The number of hydrogen-bond acceptors (Lipinski definition) is 5. The highest BCUT2D eigenvalue weighted by Gasteiger charge is 2.40. The fourth-order valence-electron chi connectivity index (χ4n) is 3.93. The van der Waals surface area contributed by atoms with Crippen LogP contribution in [0.5, 0.6) is 0 Å². The predicted octanol–water partition coefficient (Wildman–Crippen LogP) is 0.536. The number of likely N-dealkylation sites (N-methyl/N-ethyl adjacent to an activating group) is 1. The van der Waals surface area contributed by atoms with Crippen LogP contribution in [0.1, 0.15) is 23.3 Å². The molecular formula is C18H31N5O2. The minimum atomic E-state index is 0.0452. The van der Waals surface area contributed by atoms with Gasteiger partial charge in [-0.1, -0.05) is 0 Å². The van der Waals surface area contributed by atoms with E-state index < -0.39 is 0 Å². The van der Waals surface area contributed by atoms with E-state index in [1.54, 1.807) is 10.7 Å². The van der Waals surface area contributed by atoms with Crippen molar-refractivity contribution in [3.63, 3.8) is 0 Å². The Morgan fingerprint density at radius 2 is 2.20 bits per heavy atom. The lowest BCUT2D eigenvalue weighted by molar-refractivity contribution is 0.00691. The van der Waals surface area contributed by atoms with E-state index in [2.05, 4.69) is 29.0 Å². The lowest BCUT2D eigenvalue weighted by Crippen LogP contribution is -2.52. The quantitative estimate of drug-likeness (QED) is 0.794. The number of aryl methyl sites for hydroxylation is 1. The zero-order chi connectivity index (χ0) is 17.9. The first kappa shape index (κ1) is 18.4. The van der Waals surface area contributed by atoms with Crippen LogP contribution in [0.2, 0.25) is 0 Å². The third kappa shape index (κ3) is 4.59. The number of piperidine rings is 1. The molecule has 0 saturated carbocycles. The van der Waals surface area contributed by atoms with Gasteiger partial charge in [-0.3, -0.25) is 14.4 Å². The molecule has 25 heavy (non-hydrogen) atoms. The first-order valence-corrected chi connectivity index (χ1v) is 9.21. The molecule has 7 heteroatoms. The largest absolute Gasteiger partial charge is 0.379 e. The third-order valence-electron chi connectivity index (χ3n) is 5.26. The Kier molecular flexibility index (Phi) is 5.76. The molecule has 0 aromatic carbocycles. The average molecular weight is 349 g/mol. The van der Waals surface area contributed by atoms with E-state index in [-0.39, 0.29) is 11.3 Å². The van der Waals surface area contributed by atoms with E-state index in [1.807, 2.05) is 18.1 Å². The summed E-state index contributed by atoms with van der Waals surface area (Å²) in [4.78, 5) is 19.5. The van der Waals surface area contributed by atoms with E-state index in [1.165, 1.54) is 0 Å². The maximum absolute atomic E-state index is 12.8. The van der Waals surface area contributed by atoms with Crippen LogP contribution in [-0.4, -0.2) is 97.0 Å². The summed E-state index contributed by atoms with van der Waals surface area (Å²) in [6.45, 7) is 7.19. The van der Waals surface area contributed by atoms with Crippen LogP contribution in [0.25, 0.3) is 0 Å². The van der Waals surface area contributed by atoms with Crippen LogP contribution < -0.4 is 0 Å². The highest BCUT2D eigenvalue weighted by molar-refractivity contribution is 5.92. The number of ether oxygens (including phenoxy) is 1. The first-order chi connectivity index (χ1) is 12.0. The van der Waals surface area contributed by atoms with Gasteiger partial charge in [0.25, 0.3) is 5.91 Å². The van der Waals surface area contributed by atoms with E-state index in [0.717, 1.165) is 65.3 Å². The second-order valence-electron chi connectivity index (χ2n) is 7.84. The van der Waals surface area contributed by atoms with Gasteiger partial charge < -0.3 is 14.5 Å². The Morgan fingerprint density at radius 3 is 2.92 bits per heavy atom. The average Bonchev–Trinajstić information content (AvgIpc) is 2.92. The van der Waals surface area contributed by atoms with Crippen molar-refractivity contribution in [3.05, 3.63) is 18.0 Å². The second-order valence-corrected chi connectivity index (χ2v) is 7.84. The summed E-state index contributed by atoms with van der Waals surface area (Å²) in [5.41, 5.74) is 0.587. The van der Waals surface area contributed by atoms with Gasteiger partial charge in [0.1, 0.15) is 5.69 Å². The molecule has 1 atom stereocenters. The lowest BCUT2D eigenvalue weighted by Gasteiger charge is -2.43. The molecule has 3 rings (SSSR count). The number of nitrogens with zero attached hydrogens (tertiary/aromatic N) is 5. The fourth-order valence-corrected chi connectivity index (χ4v) is 3.93. The Hall–Kier alpha value is -1.44. The fraction of sp³-hybridized carbons (Fsp3) is 0.778. The number of aromatic nitrogens is 2. The van der Waals surface area contributed by atoms with Crippen molar-refractivity contribution in [1.82, 2.24) is 24.5 Å². The molecule has 2 fully saturated rings. The van der Waals surface area contributed by atoms with Crippen LogP contribution in [0.15, 0.2) is 12.3 Å². The zero-order valence-electron chi connectivity index (χ0n) is 15.8. The number of amides is 1. The molecule has 0 unspecified atom stereocenters. The van der Waals surface area contributed by atoms with Gasteiger partial charge in [0.15, 0.2) is 0 Å². The number of hydrogen-bond donors (Lipinski definition) is 0. The first-order valence-electron chi connectivity index (χ1n) is 9.21. The van der Waals surface area contributed by atoms with Gasteiger partial charge in [0.05, 0.1) is 13.2 Å². The Balaban J connectivity index is 1.68. The van der Waals surface area contributed by atoms with Crippen LogP contribution in [0, 0.1) is 5.41 Å². The summed E-state index contributed by atoms with van der Waals surface area (Å²) in [5.74, 6) is 0.0452. The van der Waals surface area contributed by atoms with E-state index >= 15 is 0 Å². The van der Waals surface area contributed by atoms with Gasteiger partial charge >= 0.3 is 0 Å². The highest BCUT2D eigenvalue weighted by atomic mass is 16.5. The normalized spacial score (nSPS) is 25.5. The molecule has 0 aliphatic carbocycles. The van der Waals surface area contributed by atoms with Gasteiger partial charge in [-0.2, -0.15) is 5.10 Å². The highest BCUT2D eigenvalue weighted by Crippen LogP contribution is 2.33. The number of carbonyl (C=O) groups excluding carboxylic acids is 1. The minimum Gasteiger partial charge on any atom is -0.379 e. The summed E-state index contributed by atoms with van der Waals surface area (Å²) >= 11 is 0. The number of rotatable bonds is 4. The van der Waals surface area contributed by atoms with E-state index in [9.17, 15) is 4.79 Å². The molecule has 2 saturated heterocycles. The van der Waals surface area contributed by atoms with Crippen molar-refractivity contribution in [2.45, 2.75) is 12.8 Å². The lowest BCUT2D eigenvalue weighted by atomic mass is 9.80. The molecule has 0 N–H and O–H groups in total. The van der Waals surface area contributed by atoms with Gasteiger partial charge in [0, 0.05) is 57.9 Å². The van der Waals surface area contributed by atoms with E-state index in [0.29, 0.717) is 5.69 Å². The van der Waals surface area contributed by atoms with Crippen molar-refractivity contribution < 1.29 is 9.53 Å². The molecule has 7 nitrogen and oxygen atoms in total. The monoisotopic (exact) mass is 349 g/mol. The Labute approximate surface area is 150 Å². The summed E-state index contributed by atoms with van der Waals surface area (Å²) in [6.07, 6.45) is 3.98. The van der Waals surface area contributed by atoms with Gasteiger partial charge in [-0.15, -0.1) is 0 Å². The van der Waals surface area contributed by atoms with Gasteiger partial charge in [-0.25, -0.2) is 0 Å². The van der Waals surface area contributed by atoms with Crippen molar-refractivity contribution in [2.75, 3.05) is 66.6 Å². The molecule has 2 aliphatic heterocycles. The SMILES string of the molecule is CN(C)CCN1CCOC[C@]2(CCCN(C(=O)c3ccn(C)n3)C2)C1. The molecule has 1 aromatic heterocycles. The van der Waals surface area contributed by atoms with Crippen molar-refractivity contribution in [2.24, 2.45) is 12.5 Å². The van der Waals surface area contributed by atoms with Crippen LogP contribution >= 0.6 is 0 Å². The zero-order valence-corrected chi connectivity index (χ0v) is 15.8. The minimum absolute atomic E-state index is 0.0452. The Bertz CT molecular complexity index is 588. The van der Waals surface area contributed by atoms with Gasteiger partial charge in [-0.05, 0) is 33.0 Å². The van der Waals surface area contributed by atoms with Gasteiger partial charge in [0.2, 0.25) is 0 Å². The molecule has 3 heterocycles. The standard InChI is InChI=1S/C18H31N5O2/c1-20(2)9-10-22-11-12-25-15-18(13-22)6-4-7-23(14-18)17(24)16-5-8-21(3)19-16/h5,8H,4,6-7,9-15H2,1-3H3/t18-/m1/s1. The van der Waals surface area contributed by atoms with Crippen LogP contribution in [-0.2, 0) is 11.8 Å². The second kappa shape index (κ2) is 7.85. The topological polar surface area (TPSA) is 53.8 Å².